The number of hydrogen-bond acceptors (Lipinski definition) is 6. The molecule has 0 fully saturated rings. The van der Waals surface area contributed by atoms with Crippen molar-refractivity contribution in [3.8, 4) is 0 Å². The molecule has 1 atom stereocenters. The lowest BCUT2D eigenvalue weighted by molar-refractivity contribution is -0.123. The van der Waals surface area contributed by atoms with E-state index in [4.69, 9.17) is 26.3 Å². The number of carbonyl (C=O) groups excluding carboxylic acids is 1. The maximum atomic E-state index is 13.7. The summed E-state index contributed by atoms with van der Waals surface area (Å²) in [6.45, 7) is 0. The van der Waals surface area contributed by atoms with Gasteiger partial charge in [-0.25, -0.2) is 8.78 Å². The molecule has 27 heavy (non-hydrogen) atoms. The number of Topliss-reactive ketones (excluding diaryl/α,β-unsaturated/α-hetero) is 1. The van der Waals surface area contributed by atoms with Gasteiger partial charge in [0.1, 0.15) is 17.4 Å². The lowest BCUT2D eigenvalue weighted by atomic mass is 10.1. The Morgan fingerprint density at radius 1 is 1.11 bits per heavy atom. The zero-order chi connectivity index (χ0) is 19.8. The third-order valence-electron chi connectivity index (χ3n) is 3.70. The van der Waals surface area contributed by atoms with E-state index in [2.05, 4.69) is 0 Å². The summed E-state index contributed by atoms with van der Waals surface area (Å²) in [6, 6.07) is 8.94. The van der Waals surface area contributed by atoms with Gasteiger partial charge in [-0.1, -0.05) is 29.8 Å². The van der Waals surface area contributed by atoms with Gasteiger partial charge in [-0.15, -0.1) is 0 Å². The summed E-state index contributed by atoms with van der Waals surface area (Å²) in [6.07, 6.45) is -1.21. The van der Waals surface area contributed by atoms with Crippen LogP contribution in [-0.2, 0) is 29.6 Å². The van der Waals surface area contributed by atoms with Gasteiger partial charge in [0.15, 0.2) is 6.10 Å². The second-order valence-corrected chi connectivity index (χ2v) is 7.60. The molecule has 1 unspecified atom stereocenters. The van der Waals surface area contributed by atoms with Crippen LogP contribution in [0, 0.1) is 11.6 Å². The molecule has 142 valence electrons. The van der Waals surface area contributed by atoms with Crippen LogP contribution in [0.2, 0.25) is 5.02 Å². The van der Waals surface area contributed by atoms with E-state index >= 15 is 0 Å². The number of ether oxygens (including phenoxy) is 1. The maximum Gasteiger partial charge on any atom is 0.313 e. The third kappa shape index (κ3) is 4.04. The highest BCUT2D eigenvalue weighted by Crippen LogP contribution is 2.33. The molecule has 2 aromatic carbocycles. The van der Waals surface area contributed by atoms with Crippen molar-refractivity contribution >= 4 is 27.5 Å². The van der Waals surface area contributed by atoms with Crippen molar-refractivity contribution in [1.82, 2.24) is 0 Å². The summed E-state index contributed by atoms with van der Waals surface area (Å²) in [4.78, 5) is 12.4. The fourth-order valence-electron chi connectivity index (χ4n) is 2.42. The lowest BCUT2D eigenvalue weighted by Crippen LogP contribution is -2.17. The molecule has 0 amide bonds. The van der Waals surface area contributed by atoms with Gasteiger partial charge < -0.3 is 14.7 Å². The van der Waals surface area contributed by atoms with Crippen LogP contribution in [0.3, 0.4) is 0 Å². The summed E-state index contributed by atoms with van der Waals surface area (Å²) in [7, 11) is -4.58. The summed E-state index contributed by atoms with van der Waals surface area (Å²) < 4.78 is 61.6. The van der Waals surface area contributed by atoms with Crippen LogP contribution in [0.5, 0.6) is 0 Å². The Balaban J connectivity index is 1.81. The molecule has 2 aromatic rings. The minimum Gasteiger partial charge on any atom is -0.460 e. The Hall–Kier alpha value is -2.65. The summed E-state index contributed by atoms with van der Waals surface area (Å²) >= 11 is 5.78. The summed E-state index contributed by atoms with van der Waals surface area (Å²) in [5, 5.41) is 0.427. The second kappa shape index (κ2) is 7.16. The van der Waals surface area contributed by atoms with Crippen molar-refractivity contribution in [3.05, 3.63) is 81.9 Å². The molecular weight excluding hydrogens is 404 g/mol. The normalized spacial score (nSPS) is 17.1. The average Bonchev–Trinajstić information content (AvgIpc) is 2.87. The largest absolute Gasteiger partial charge is 0.460 e. The Labute approximate surface area is 158 Å². The Kier molecular flexibility index (Phi) is 5.07. The first-order chi connectivity index (χ1) is 12.7. The predicted molar refractivity (Wildman–Crippen MR) is 91.6 cm³/mol. The molecular formula is C17H12ClF2NO5S. The smallest absolute Gasteiger partial charge is 0.313 e. The van der Waals surface area contributed by atoms with Gasteiger partial charge in [0.05, 0.1) is 0 Å². The molecule has 0 saturated heterocycles. The van der Waals surface area contributed by atoms with Crippen LogP contribution < -0.4 is 5.73 Å². The zero-order valence-electron chi connectivity index (χ0n) is 13.5. The molecule has 0 aliphatic carbocycles. The van der Waals surface area contributed by atoms with Crippen molar-refractivity contribution in [2.45, 2.75) is 11.9 Å². The Bertz CT molecular complexity index is 1020. The van der Waals surface area contributed by atoms with E-state index in [0.717, 1.165) is 18.2 Å². The zero-order valence-corrected chi connectivity index (χ0v) is 15.1. The summed E-state index contributed by atoms with van der Waals surface area (Å²) in [5.41, 5.74) is 5.23. The number of benzene rings is 2. The number of ketones is 1. The minimum atomic E-state index is -4.58. The fraction of sp³-hybridized carbons (Fsp3) is 0.118. The molecule has 1 heterocycles. The maximum absolute atomic E-state index is 13.7. The van der Waals surface area contributed by atoms with Crippen molar-refractivity contribution < 1.29 is 30.9 Å². The fourth-order valence-corrected chi connectivity index (χ4v) is 3.65. The first-order valence-corrected chi connectivity index (χ1v) is 9.44. The van der Waals surface area contributed by atoms with Gasteiger partial charge in [0, 0.05) is 16.1 Å². The van der Waals surface area contributed by atoms with Crippen LogP contribution in [0.4, 0.5) is 8.78 Å². The average molecular weight is 416 g/mol. The van der Waals surface area contributed by atoms with Gasteiger partial charge in [-0.2, -0.15) is 8.42 Å². The molecule has 6 nitrogen and oxygen atoms in total. The number of rotatable bonds is 5. The molecule has 0 radical (unpaired) electrons. The van der Waals surface area contributed by atoms with Crippen molar-refractivity contribution in [1.29, 1.82) is 0 Å². The number of carbonyl (C=O) groups is 1. The molecule has 2 N–H and O–H groups in total. The predicted octanol–water partition coefficient (Wildman–Crippen LogP) is 2.93. The highest BCUT2D eigenvalue weighted by atomic mass is 35.5. The van der Waals surface area contributed by atoms with Gasteiger partial charge >= 0.3 is 10.1 Å². The molecule has 1 aliphatic rings. The van der Waals surface area contributed by atoms with E-state index in [9.17, 15) is 22.0 Å². The topological polar surface area (TPSA) is 95.7 Å². The van der Waals surface area contributed by atoms with Crippen LogP contribution >= 0.6 is 11.6 Å². The van der Waals surface area contributed by atoms with Gasteiger partial charge in [-0.3, -0.25) is 4.79 Å². The minimum absolute atomic E-state index is 0.378. The molecule has 0 aromatic heterocycles. The van der Waals surface area contributed by atoms with E-state index in [1.165, 1.54) is 24.3 Å². The number of hydrogen-bond donors (Lipinski definition) is 1. The van der Waals surface area contributed by atoms with E-state index < -0.39 is 56.6 Å². The van der Waals surface area contributed by atoms with Crippen molar-refractivity contribution in [2.75, 3.05) is 0 Å². The third-order valence-corrected chi connectivity index (χ3v) is 5.01. The van der Waals surface area contributed by atoms with E-state index in [1.807, 2.05) is 0 Å². The number of halogens is 3. The quantitative estimate of drug-likeness (QED) is 0.754. The summed E-state index contributed by atoms with van der Waals surface area (Å²) in [5.74, 6) is -5.37. The Morgan fingerprint density at radius 3 is 2.30 bits per heavy atom. The molecule has 0 spiro atoms. The first-order valence-electron chi connectivity index (χ1n) is 7.49. The lowest BCUT2D eigenvalue weighted by Gasteiger charge is -2.10. The van der Waals surface area contributed by atoms with Crippen LogP contribution in [0.25, 0.3) is 0 Å². The van der Waals surface area contributed by atoms with Crippen LogP contribution in [-0.4, -0.2) is 14.2 Å². The standard InChI is InChI=1S/C17H12ClF2NO5S/c18-10-6-4-9(5-7-10)15-14(22)16(17(21)25-15)26-27(23,24)8-11-12(19)2-1-3-13(11)20/h1-7,15H,8,21H2. The molecule has 3 rings (SSSR count). The van der Waals surface area contributed by atoms with E-state index in [-0.39, 0.29) is 0 Å². The van der Waals surface area contributed by atoms with Gasteiger partial charge in [0.25, 0.3) is 0 Å². The molecule has 10 heteroatoms. The van der Waals surface area contributed by atoms with Crippen LogP contribution in [0.15, 0.2) is 54.1 Å². The van der Waals surface area contributed by atoms with Crippen molar-refractivity contribution in [3.63, 3.8) is 0 Å². The van der Waals surface area contributed by atoms with E-state index in [0.29, 0.717) is 10.6 Å². The molecule has 1 aliphatic heterocycles. The SMILES string of the molecule is NC1=C(OS(=O)(=O)Cc2c(F)cccc2F)C(=O)C(c2ccc(Cl)cc2)O1. The second-order valence-electron chi connectivity index (χ2n) is 5.59. The van der Waals surface area contributed by atoms with Crippen LogP contribution in [0.1, 0.15) is 17.2 Å². The highest BCUT2D eigenvalue weighted by molar-refractivity contribution is 7.86. The first kappa shape index (κ1) is 19.1. The monoisotopic (exact) mass is 415 g/mol. The Morgan fingerprint density at radius 2 is 1.70 bits per heavy atom. The molecule has 0 bridgehead atoms. The highest BCUT2D eigenvalue weighted by Gasteiger charge is 2.39. The van der Waals surface area contributed by atoms with Gasteiger partial charge in [-0.05, 0) is 24.3 Å². The van der Waals surface area contributed by atoms with E-state index in [1.54, 1.807) is 0 Å². The molecule has 0 saturated carbocycles. The van der Waals surface area contributed by atoms with Gasteiger partial charge in [0.2, 0.25) is 17.4 Å². The number of nitrogens with two attached hydrogens (primary N) is 1. The van der Waals surface area contributed by atoms with Crippen molar-refractivity contribution in [2.24, 2.45) is 5.73 Å².